The number of carbonyl (C=O) groups is 2. The van der Waals surface area contributed by atoms with E-state index >= 15 is 0 Å². The van der Waals surface area contributed by atoms with E-state index in [2.05, 4.69) is 10.3 Å². The average Bonchev–Trinajstić information content (AvgIpc) is 2.37. The van der Waals surface area contributed by atoms with E-state index in [4.69, 9.17) is 9.84 Å². The Morgan fingerprint density at radius 1 is 1.48 bits per heavy atom. The van der Waals surface area contributed by atoms with Crippen LogP contribution in [0.2, 0.25) is 0 Å². The SMILES string of the molecule is COc1ncccc1CS(=O)(=O)C[C@H](NC(C)=O)C(=O)O. The number of ether oxygens (including phenoxy) is 1. The summed E-state index contributed by atoms with van der Waals surface area (Å²) in [6.07, 6.45) is 1.45. The third-order valence-corrected chi connectivity index (χ3v) is 4.11. The first-order valence-electron chi connectivity index (χ1n) is 5.93. The fourth-order valence-electron chi connectivity index (χ4n) is 1.69. The molecule has 0 saturated heterocycles. The molecule has 1 amide bonds. The maximum atomic E-state index is 12.1. The Morgan fingerprint density at radius 3 is 2.67 bits per heavy atom. The minimum absolute atomic E-state index is 0.160. The molecule has 1 heterocycles. The number of carboxylic acids is 1. The molecule has 21 heavy (non-hydrogen) atoms. The van der Waals surface area contributed by atoms with Gasteiger partial charge in [-0.1, -0.05) is 6.07 Å². The molecular formula is C12H16N2O6S. The van der Waals surface area contributed by atoms with E-state index in [9.17, 15) is 18.0 Å². The molecule has 0 unspecified atom stereocenters. The molecule has 1 atom stereocenters. The van der Waals surface area contributed by atoms with Crippen molar-refractivity contribution in [2.75, 3.05) is 12.9 Å². The lowest BCUT2D eigenvalue weighted by atomic mass is 10.3. The Morgan fingerprint density at radius 2 is 2.14 bits per heavy atom. The number of rotatable bonds is 7. The van der Waals surface area contributed by atoms with Gasteiger partial charge in [-0.25, -0.2) is 18.2 Å². The molecule has 0 saturated carbocycles. The van der Waals surface area contributed by atoms with Crippen LogP contribution < -0.4 is 10.1 Å². The molecule has 0 fully saturated rings. The van der Waals surface area contributed by atoms with Gasteiger partial charge < -0.3 is 15.2 Å². The Bertz CT molecular complexity index is 628. The van der Waals surface area contributed by atoms with Crippen LogP contribution in [0.3, 0.4) is 0 Å². The van der Waals surface area contributed by atoms with Crippen molar-refractivity contribution in [2.24, 2.45) is 0 Å². The number of nitrogens with zero attached hydrogens (tertiary/aromatic N) is 1. The summed E-state index contributed by atoms with van der Waals surface area (Å²) in [4.78, 5) is 25.7. The molecule has 0 bridgehead atoms. The van der Waals surface area contributed by atoms with E-state index in [1.807, 2.05) is 0 Å². The van der Waals surface area contributed by atoms with Crippen molar-refractivity contribution in [1.29, 1.82) is 0 Å². The van der Waals surface area contributed by atoms with Crippen LogP contribution in [-0.4, -0.2) is 49.3 Å². The van der Waals surface area contributed by atoms with Crippen LogP contribution in [0.4, 0.5) is 0 Å². The molecule has 1 aromatic heterocycles. The van der Waals surface area contributed by atoms with E-state index in [1.165, 1.54) is 19.4 Å². The van der Waals surface area contributed by atoms with E-state index in [1.54, 1.807) is 6.07 Å². The van der Waals surface area contributed by atoms with Crippen LogP contribution in [0.1, 0.15) is 12.5 Å². The third kappa shape index (κ3) is 5.38. The van der Waals surface area contributed by atoms with Gasteiger partial charge in [0.15, 0.2) is 9.84 Å². The van der Waals surface area contributed by atoms with Gasteiger partial charge in [0.1, 0.15) is 6.04 Å². The van der Waals surface area contributed by atoms with Crippen molar-refractivity contribution in [1.82, 2.24) is 10.3 Å². The molecule has 0 aliphatic carbocycles. The molecule has 0 aliphatic rings. The summed E-state index contributed by atoms with van der Waals surface area (Å²) in [6, 6.07) is 1.59. The zero-order valence-electron chi connectivity index (χ0n) is 11.6. The normalized spacial score (nSPS) is 12.5. The van der Waals surface area contributed by atoms with Crippen LogP contribution in [-0.2, 0) is 25.2 Å². The van der Waals surface area contributed by atoms with E-state index in [0.29, 0.717) is 5.56 Å². The van der Waals surface area contributed by atoms with Crippen molar-refractivity contribution < 1.29 is 27.9 Å². The topological polar surface area (TPSA) is 123 Å². The summed E-state index contributed by atoms with van der Waals surface area (Å²) in [7, 11) is -2.42. The van der Waals surface area contributed by atoms with Gasteiger partial charge >= 0.3 is 5.97 Å². The van der Waals surface area contributed by atoms with Gasteiger partial charge in [-0.2, -0.15) is 0 Å². The van der Waals surface area contributed by atoms with Crippen LogP contribution >= 0.6 is 0 Å². The molecule has 2 N–H and O–H groups in total. The Kier molecular flexibility index (Phi) is 5.65. The number of nitrogens with one attached hydrogen (secondary N) is 1. The van der Waals surface area contributed by atoms with Gasteiger partial charge in [0, 0.05) is 18.7 Å². The number of sulfone groups is 1. The largest absolute Gasteiger partial charge is 0.481 e. The molecule has 1 rings (SSSR count). The van der Waals surface area contributed by atoms with Crippen molar-refractivity contribution in [3.63, 3.8) is 0 Å². The highest BCUT2D eigenvalue weighted by molar-refractivity contribution is 7.90. The summed E-state index contributed by atoms with van der Waals surface area (Å²) in [6.45, 7) is 1.12. The summed E-state index contributed by atoms with van der Waals surface area (Å²) in [5.74, 6) is -3.00. The summed E-state index contributed by atoms with van der Waals surface area (Å²) in [5, 5.41) is 11.0. The predicted octanol–water partition coefficient (Wildman–Crippen LogP) is -0.406. The molecule has 0 aliphatic heterocycles. The zero-order chi connectivity index (χ0) is 16.0. The van der Waals surface area contributed by atoms with Crippen molar-refractivity contribution in [3.8, 4) is 5.88 Å². The minimum atomic E-state index is -3.77. The standard InChI is InChI=1S/C12H16N2O6S/c1-8(15)14-10(12(16)17)7-21(18,19)6-9-4-3-5-13-11(9)20-2/h3-5,10H,6-7H2,1-2H3,(H,14,15)(H,16,17)/t10-/m0/s1. The van der Waals surface area contributed by atoms with Gasteiger partial charge in [0.05, 0.1) is 18.6 Å². The number of aliphatic carboxylic acids is 1. The van der Waals surface area contributed by atoms with Crippen LogP contribution in [0.15, 0.2) is 18.3 Å². The van der Waals surface area contributed by atoms with Crippen molar-refractivity contribution in [2.45, 2.75) is 18.7 Å². The lowest BCUT2D eigenvalue weighted by Gasteiger charge is -2.14. The highest BCUT2D eigenvalue weighted by atomic mass is 32.2. The average molecular weight is 316 g/mol. The smallest absolute Gasteiger partial charge is 0.327 e. The highest BCUT2D eigenvalue weighted by Crippen LogP contribution is 2.17. The molecule has 0 radical (unpaired) electrons. The van der Waals surface area contributed by atoms with Gasteiger partial charge in [-0.15, -0.1) is 0 Å². The molecule has 0 spiro atoms. The van der Waals surface area contributed by atoms with Gasteiger partial charge in [-0.3, -0.25) is 4.79 Å². The minimum Gasteiger partial charge on any atom is -0.481 e. The van der Waals surface area contributed by atoms with Crippen LogP contribution in [0.5, 0.6) is 5.88 Å². The molecule has 9 heteroatoms. The maximum absolute atomic E-state index is 12.1. The summed E-state index contributed by atoms with van der Waals surface area (Å²) in [5.41, 5.74) is 0.326. The molecule has 116 valence electrons. The van der Waals surface area contributed by atoms with E-state index in [0.717, 1.165) is 6.92 Å². The lowest BCUT2D eigenvalue weighted by molar-refractivity contribution is -0.140. The van der Waals surface area contributed by atoms with E-state index in [-0.39, 0.29) is 5.88 Å². The van der Waals surface area contributed by atoms with Gasteiger partial charge in [0.2, 0.25) is 11.8 Å². The Hall–Kier alpha value is -2.16. The fraction of sp³-hybridized carbons (Fsp3) is 0.417. The monoisotopic (exact) mass is 316 g/mol. The van der Waals surface area contributed by atoms with Crippen molar-refractivity contribution >= 4 is 21.7 Å². The molecule has 0 aromatic carbocycles. The Labute approximate surface area is 122 Å². The third-order valence-electron chi connectivity index (χ3n) is 2.51. The number of carboxylic acid groups (broad SMARTS) is 1. The highest BCUT2D eigenvalue weighted by Gasteiger charge is 2.27. The predicted molar refractivity (Wildman–Crippen MR) is 73.5 cm³/mol. The number of hydrogen-bond donors (Lipinski definition) is 2. The first-order valence-corrected chi connectivity index (χ1v) is 7.75. The fourth-order valence-corrected chi connectivity index (χ4v) is 3.23. The first-order chi connectivity index (χ1) is 9.75. The number of aromatic nitrogens is 1. The Balaban J connectivity index is 2.90. The lowest BCUT2D eigenvalue weighted by Crippen LogP contribution is -2.44. The van der Waals surface area contributed by atoms with E-state index < -0.39 is 39.3 Å². The van der Waals surface area contributed by atoms with Gasteiger partial charge in [0.25, 0.3) is 0 Å². The van der Waals surface area contributed by atoms with Crippen molar-refractivity contribution in [3.05, 3.63) is 23.9 Å². The summed E-state index contributed by atoms with van der Waals surface area (Å²) >= 11 is 0. The number of amides is 1. The second-order valence-corrected chi connectivity index (χ2v) is 6.43. The quantitative estimate of drug-likeness (QED) is 0.701. The van der Waals surface area contributed by atoms with Crippen LogP contribution in [0, 0.1) is 0 Å². The number of pyridine rings is 1. The van der Waals surface area contributed by atoms with Crippen LogP contribution in [0.25, 0.3) is 0 Å². The molecule has 8 nitrogen and oxygen atoms in total. The maximum Gasteiger partial charge on any atom is 0.327 e. The second-order valence-electron chi connectivity index (χ2n) is 4.32. The number of methoxy groups -OCH3 is 1. The number of hydrogen-bond acceptors (Lipinski definition) is 6. The second kappa shape index (κ2) is 7.02. The number of carbonyl (C=O) groups excluding carboxylic acids is 1. The molecular weight excluding hydrogens is 300 g/mol. The summed E-state index contributed by atoms with van der Waals surface area (Å²) < 4.78 is 29.1. The zero-order valence-corrected chi connectivity index (χ0v) is 12.4. The molecule has 1 aromatic rings. The van der Waals surface area contributed by atoms with Gasteiger partial charge in [-0.05, 0) is 6.07 Å². The first kappa shape index (κ1) is 16.9.